The molecular weight excluding hydrogens is 314 g/mol. The zero-order valence-corrected chi connectivity index (χ0v) is 14.4. The van der Waals surface area contributed by atoms with Crippen molar-refractivity contribution in [1.82, 2.24) is 24.4 Å². The Morgan fingerprint density at radius 1 is 1.28 bits per heavy atom. The van der Waals surface area contributed by atoms with Gasteiger partial charge < -0.3 is 14.8 Å². The SMILES string of the molecule is Cn1ccn2ncc(C(=O)NCCN3CC[C@H](c4ccccc4)C3)c12. The zero-order valence-electron chi connectivity index (χ0n) is 14.4. The molecule has 1 aliphatic heterocycles. The van der Waals surface area contributed by atoms with E-state index in [-0.39, 0.29) is 5.91 Å². The number of hydrogen-bond donors (Lipinski definition) is 1. The number of carbonyl (C=O) groups is 1. The van der Waals surface area contributed by atoms with Crippen LogP contribution in [-0.4, -0.2) is 51.2 Å². The van der Waals surface area contributed by atoms with Gasteiger partial charge in [0, 0.05) is 39.1 Å². The highest BCUT2D eigenvalue weighted by Crippen LogP contribution is 2.26. The van der Waals surface area contributed by atoms with Crippen LogP contribution in [0, 0.1) is 0 Å². The molecule has 1 amide bonds. The molecule has 0 spiro atoms. The van der Waals surface area contributed by atoms with E-state index in [1.165, 1.54) is 12.0 Å². The van der Waals surface area contributed by atoms with E-state index in [0.717, 1.165) is 25.3 Å². The topological polar surface area (TPSA) is 54.6 Å². The van der Waals surface area contributed by atoms with Gasteiger partial charge in [0.2, 0.25) is 0 Å². The molecule has 1 saturated heterocycles. The van der Waals surface area contributed by atoms with Crippen molar-refractivity contribution in [2.75, 3.05) is 26.2 Å². The second-order valence-electron chi connectivity index (χ2n) is 6.69. The van der Waals surface area contributed by atoms with Crippen LogP contribution in [0.4, 0.5) is 0 Å². The normalized spacial score (nSPS) is 18.0. The Morgan fingerprint density at radius 3 is 2.96 bits per heavy atom. The number of imidazole rings is 1. The van der Waals surface area contributed by atoms with Crippen molar-refractivity contribution in [3.8, 4) is 0 Å². The molecule has 2 aromatic heterocycles. The zero-order chi connectivity index (χ0) is 17.2. The lowest BCUT2D eigenvalue weighted by Crippen LogP contribution is -2.33. The lowest BCUT2D eigenvalue weighted by atomic mass is 9.99. The molecule has 3 heterocycles. The summed E-state index contributed by atoms with van der Waals surface area (Å²) >= 11 is 0. The monoisotopic (exact) mass is 337 g/mol. The maximum atomic E-state index is 12.4. The van der Waals surface area contributed by atoms with Gasteiger partial charge in [-0.15, -0.1) is 0 Å². The number of nitrogens with one attached hydrogen (secondary N) is 1. The van der Waals surface area contributed by atoms with Crippen molar-refractivity contribution in [1.29, 1.82) is 0 Å². The number of rotatable bonds is 5. The van der Waals surface area contributed by atoms with Crippen LogP contribution >= 0.6 is 0 Å². The number of carbonyl (C=O) groups excluding carboxylic acids is 1. The van der Waals surface area contributed by atoms with Crippen molar-refractivity contribution in [2.45, 2.75) is 12.3 Å². The summed E-state index contributed by atoms with van der Waals surface area (Å²) in [5.41, 5.74) is 2.86. The molecule has 130 valence electrons. The maximum Gasteiger partial charge on any atom is 0.256 e. The Bertz CT molecular complexity index is 866. The predicted octanol–water partition coefficient (Wildman–Crippen LogP) is 1.89. The first-order valence-corrected chi connectivity index (χ1v) is 8.76. The summed E-state index contributed by atoms with van der Waals surface area (Å²) in [5, 5.41) is 7.24. The average Bonchev–Trinajstić information content (AvgIpc) is 3.34. The summed E-state index contributed by atoms with van der Waals surface area (Å²) in [6.45, 7) is 3.69. The third-order valence-corrected chi connectivity index (χ3v) is 5.04. The number of aryl methyl sites for hydroxylation is 1. The summed E-state index contributed by atoms with van der Waals surface area (Å²) in [6.07, 6.45) is 6.56. The highest BCUT2D eigenvalue weighted by atomic mass is 16.1. The minimum atomic E-state index is -0.0596. The van der Waals surface area contributed by atoms with Gasteiger partial charge in [-0.3, -0.25) is 4.79 Å². The number of nitrogens with zero attached hydrogens (tertiary/aromatic N) is 4. The molecule has 6 nitrogen and oxygen atoms in total. The van der Waals surface area contributed by atoms with Crippen molar-refractivity contribution in [3.63, 3.8) is 0 Å². The fourth-order valence-electron chi connectivity index (χ4n) is 3.67. The van der Waals surface area contributed by atoms with E-state index in [1.54, 1.807) is 10.7 Å². The van der Waals surface area contributed by atoms with Crippen LogP contribution in [0.2, 0.25) is 0 Å². The standard InChI is InChI=1S/C19H23N5O/c1-22-11-12-24-19(22)17(13-21-24)18(25)20-8-10-23-9-7-16(14-23)15-5-3-2-4-6-15/h2-6,11-13,16H,7-10,14H2,1H3,(H,20,25)/t16-/m0/s1. The third kappa shape index (κ3) is 3.17. The van der Waals surface area contributed by atoms with Crippen LogP contribution in [-0.2, 0) is 7.05 Å². The second-order valence-corrected chi connectivity index (χ2v) is 6.69. The van der Waals surface area contributed by atoms with Crippen molar-refractivity contribution in [3.05, 3.63) is 60.0 Å². The summed E-state index contributed by atoms with van der Waals surface area (Å²) in [7, 11) is 1.92. The largest absolute Gasteiger partial charge is 0.351 e. The van der Waals surface area contributed by atoms with E-state index >= 15 is 0 Å². The van der Waals surface area contributed by atoms with Crippen LogP contribution in [0.5, 0.6) is 0 Å². The van der Waals surface area contributed by atoms with Gasteiger partial charge in [-0.2, -0.15) is 5.10 Å². The minimum absolute atomic E-state index is 0.0596. The molecule has 1 N–H and O–H groups in total. The molecule has 1 fully saturated rings. The second kappa shape index (κ2) is 6.72. The van der Waals surface area contributed by atoms with Crippen molar-refractivity contribution < 1.29 is 4.79 Å². The molecule has 0 radical (unpaired) electrons. The smallest absolute Gasteiger partial charge is 0.256 e. The van der Waals surface area contributed by atoms with Gasteiger partial charge in [-0.25, -0.2) is 4.52 Å². The van der Waals surface area contributed by atoms with Gasteiger partial charge in [0.15, 0.2) is 0 Å². The Hall–Kier alpha value is -2.60. The van der Waals surface area contributed by atoms with Crippen LogP contribution in [0.25, 0.3) is 5.65 Å². The first-order valence-electron chi connectivity index (χ1n) is 8.76. The Morgan fingerprint density at radius 2 is 2.12 bits per heavy atom. The molecule has 3 aromatic rings. The number of likely N-dealkylation sites (tertiary alicyclic amines) is 1. The molecule has 25 heavy (non-hydrogen) atoms. The summed E-state index contributed by atoms with van der Waals surface area (Å²) in [4.78, 5) is 14.9. The Kier molecular flexibility index (Phi) is 4.28. The molecule has 0 unspecified atom stereocenters. The molecule has 0 aliphatic carbocycles. The Balaban J connectivity index is 1.30. The van der Waals surface area contributed by atoms with Gasteiger partial charge >= 0.3 is 0 Å². The first kappa shape index (κ1) is 15.9. The van der Waals surface area contributed by atoms with E-state index in [9.17, 15) is 4.79 Å². The van der Waals surface area contributed by atoms with Crippen molar-refractivity contribution in [2.24, 2.45) is 7.05 Å². The summed E-state index contributed by atoms with van der Waals surface area (Å²) in [5.74, 6) is 0.547. The molecular formula is C19H23N5O. The first-order chi connectivity index (χ1) is 12.2. The number of amides is 1. The fraction of sp³-hybridized carbons (Fsp3) is 0.368. The number of hydrogen-bond acceptors (Lipinski definition) is 3. The lowest BCUT2D eigenvalue weighted by molar-refractivity contribution is 0.0951. The van der Waals surface area contributed by atoms with E-state index in [2.05, 4.69) is 45.6 Å². The van der Waals surface area contributed by atoms with Crippen LogP contribution in [0.3, 0.4) is 0 Å². The summed E-state index contributed by atoms with van der Waals surface area (Å²) in [6, 6.07) is 10.7. The third-order valence-electron chi connectivity index (χ3n) is 5.04. The van der Waals surface area contributed by atoms with Crippen LogP contribution in [0.15, 0.2) is 48.9 Å². The molecule has 1 aliphatic rings. The number of fused-ring (bicyclic) bond motifs is 1. The molecule has 1 atom stereocenters. The molecule has 0 saturated carbocycles. The van der Waals surface area contributed by atoms with Gasteiger partial charge in [0.05, 0.1) is 6.20 Å². The molecule has 6 heteroatoms. The number of benzene rings is 1. The van der Waals surface area contributed by atoms with E-state index in [0.29, 0.717) is 18.0 Å². The van der Waals surface area contributed by atoms with Crippen LogP contribution < -0.4 is 5.32 Å². The van der Waals surface area contributed by atoms with Gasteiger partial charge in [-0.05, 0) is 24.4 Å². The highest BCUT2D eigenvalue weighted by Gasteiger charge is 2.23. The fourth-order valence-corrected chi connectivity index (χ4v) is 3.67. The lowest BCUT2D eigenvalue weighted by Gasteiger charge is -2.16. The average molecular weight is 337 g/mol. The predicted molar refractivity (Wildman–Crippen MR) is 96.7 cm³/mol. The molecule has 4 rings (SSSR count). The summed E-state index contributed by atoms with van der Waals surface area (Å²) < 4.78 is 3.63. The molecule has 0 bridgehead atoms. The Labute approximate surface area is 147 Å². The highest BCUT2D eigenvalue weighted by molar-refractivity contribution is 5.99. The number of aromatic nitrogens is 3. The maximum absolute atomic E-state index is 12.4. The van der Waals surface area contributed by atoms with Gasteiger partial charge in [-0.1, -0.05) is 30.3 Å². The van der Waals surface area contributed by atoms with E-state index < -0.39 is 0 Å². The van der Waals surface area contributed by atoms with Gasteiger partial charge in [0.25, 0.3) is 5.91 Å². The van der Waals surface area contributed by atoms with E-state index in [1.807, 2.05) is 24.0 Å². The quantitative estimate of drug-likeness (QED) is 0.774. The van der Waals surface area contributed by atoms with Gasteiger partial charge in [0.1, 0.15) is 11.2 Å². The van der Waals surface area contributed by atoms with E-state index in [4.69, 9.17) is 0 Å². The minimum Gasteiger partial charge on any atom is -0.351 e. The van der Waals surface area contributed by atoms with Crippen molar-refractivity contribution >= 4 is 11.6 Å². The van der Waals surface area contributed by atoms with Crippen LogP contribution in [0.1, 0.15) is 28.3 Å². The molecule has 1 aromatic carbocycles.